The van der Waals surface area contributed by atoms with Gasteiger partial charge in [0.05, 0.1) is 36.2 Å². The van der Waals surface area contributed by atoms with Crippen molar-refractivity contribution in [1.82, 2.24) is 13.7 Å². The highest BCUT2D eigenvalue weighted by atomic mass is 32.1. The second-order valence-corrected chi connectivity index (χ2v) is 15.1. The van der Waals surface area contributed by atoms with Crippen molar-refractivity contribution in [2.45, 2.75) is 90.9 Å². The quantitative estimate of drug-likeness (QED) is 0.0680. The Morgan fingerprint density at radius 3 is 1.57 bits per heavy atom. The van der Waals surface area contributed by atoms with Gasteiger partial charge < -0.3 is 14.4 Å². The van der Waals surface area contributed by atoms with E-state index in [9.17, 15) is 0 Å². The molecule has 2 aromatic heterocycles. The van der Waals surface area contributed by atoms with Crippen molar-refractivity contribution in [2.75, 3.05) is 18.1 Å². The number of fused-ring (bicyclic) bond motifs is 2. The average Bonchev–Trinajstić information content (AvgIpc) is 3.74. The van der Waals surface area contributed by atoms with Crippen molar-refractivity contribution < 1.29 is 9.47 Å². The Hall–Kier alpha value is -5.27. The SMILES string of the molecule is CCCCCCCCOc1ccc(N(c2ccc(OCCCCCCCC)cc2)c2ccc(-c3ccc(-c4ccc5ccccc5n4)c4nsnc34)cc2)cc1. The fourth-order valence-electron chi connectivity index (χ4n) is 7.29. The Labute approximate surface area is 336 Å². The predicted molar refractivity (Wildman–Crippen MR) is 236 cm³/mol. The summed E-state index contributed by atoms with van der Waals surface area (Å²) >= 11 is 1.24. The number of aromatic nitrogens is 3. The molecule has 0 spiro atoms. The maximum absolute atomic E-state index is 6.15. The third kappa shape index (κ3) is 9.93. The van der Waals surface area contributed by atoms with E-state index in [-0.39, 0.29) is 0 Å². The van der Waals surface area contributed by atoms with Crippen molar-refractivity contribution in [3.05, 3.63) is 121 Å². The van der Waals surface area contributed by atoms with Gasteiger partial charge in [0, 0.05) is 33.6 Å². The minimum Gasteiger partial charge on any atom is -0.494 e. The lowest BCUT2D eigenvalue weighted by Gasteiger charge is -2.26. The molecule has 6 nitrogen and oxygen atoms in total. The number of unbranched alkanes of at least 4 members (excludes halogenated alkanes) is 10. The summed E-state index contributed by atoms with van der Waals surface area (Å²) in [5, 5.41) is 1.12. The van der Waals surface area contributed by atoms with E-state index in [2.05, 4.69) is 122 Å². The Kier molecular flexibility index (Phi) is 14.0. The summed E-state index contributed by atoms with van der Waals surface area (Å²) in [7, 11) is 0. The highest BCUT2D eigenvalue weighted by Gasteiger charge is 2.17. The molecule has 0 radical (unpaired) electrons. The standard InChI is InChI=1S/C49H54N4O2S/c1-3-5-7-9-11-15-35-54-42-28-24-40(25-29-42)53(41-26-30-43(31-27-41)55-36-16-12-10-8-6-4-2)39-22-19-37(20-23-39)44-32-33-45(49-48(44)51-56-52-49)47-34-21-38-17-13-14-18-46(38)50-47/h13-14,17-34H,3-12,15-16,35-36H2,1-2H3. The average molecular weight is 763 g/mol. The van der Waals surface area contributed by atoms with Crippen LogP contribution in [0.5, 0.6) is 11.5 Å². The molecule has 7 rings (SSSR count). The van der Waals surface area contributed by atoms with Gasteiger partial charge in [-0.15, -0.1) is 0 Å². The van der Waals surface area contributed by atoms with Crippen LogP contribution in [0.25, 0.3) is 44.3 Å². The molecule has 288 valence electrons. The fourth-order valence-corrected chi connectivity index (χ4v) is 7.86. The van der Waals surface area contributed by atoms with Crippen molar-refractivity contribution >= 4 is 50.7 Å². The van der Waals surface area contributed by atoms with Crippen molar-refractivity contribution in [3.63, 3.8) is 0 Å². The first-order chi connectivity index (χ1) is 27.7. The van der Waals surface area contributed by atoms with E-state index >= 15 is 0 Å². The summed E-state index contributed by atoms with van der Waals surface area (Å²) in [5.41, 5.74) is 9.93. The fraction of sp³-hybridized carbons (Fsp3) is 0.327. The minimum absolute atomic E-state index is 0.748. The molecule has 56 heavy (non-hydrogen) atoms. The Morgan fingerprint density at radius 1 is 0.482 bits per heavy atom. The topological polar surface area (TPSA) is 60.4 Å². The molecule has 0 N–H and O–H groups in total. The molecule has 5 aromatic carbocycles. The van der Waals surface area contributed by atoms with Crippen LogP contribution in [0.3, 0.4) is 0 Å². The molecular weight excluding hydrogens is 709 g/mol. The van der Waals surface area contributed by atoms with Gasteiger partial charge in [0.1, 0.15) is 22.5 Å². The van der Waals surface area contributed by atoms with Gasteiger partial charge in [-0.2, -0.15) is 8.75 Å². The number of hydrogen-bond acceptors (Lipinski definition) is 7. The van der Waals surface area contributed by atoms with E-state index in [4.69, 9.17) is 23.2 Å². The summed E-state index contributed by atoms with van der Waals surface area (Å²) in [4.78, 5) is 7.24. The molecule has 0 aliphatic carbocycles. The van der Waals surface area contributed by atoms with E-state index in [1.54, 1.807) is 0 Å². The summed E-state index contributed by atoms with van der Waals surface area (Å²) in [5.74, 6) is 1.80. The Bertz CT molecular complexity index is 2190. The van der Waals surface area contributed by atoms with Crippen LogP contribution in [0.15, 0.2) is 121 Å². The molecule has 0 amide bonds. The predicted octanol–water partition coefficient (Wildman–Crippen LogP) is 14.5. The molecular formula is C49H54N4O2S. The maximum atomic E-state index is 6.15. The second-order valence-electron chi connectivity index (χ2n) is 14.6. The molecule has 0 saturated heterocycles. The lowest BCUT2D eigenvalue weighted by Crippen LogP contribution is -2.10. The zero-order valence-corrected chi connectivity index (χ0v) is 33.8. The number of rotatable bonds is 21. The minimum atomic E-state index is 0.748. The van der Waals surface area contributed by atoms with Gasteiger partial charge >= 0.3 is 0 Å². The normalized spacial score (nSPS) is 11.3. The van der Waals surface area contributed by atoms with Crippen LogP contribution < -0.4 is 14.4 Å². The third-order valence-electron chi connectivity index (χ3n) is 10.4. The smallest absolute Gasteiger partial charge is 0.119 e. The van der Waals surface area contributed by atoms with E-state index in [0.29, 0.717) is 0 Å². The zero-order valence-electron chi connectivity index (χ0n) is 33.0. The first kappa shape index (κ1) is 39.0. The molecule has 2 heterocycles. The van der Waals surface area contributed by atoms with Crippen LogP contribution in [0.4, 0.5) is 17.1 Å². The van der Waals surface area contributed by atoms with Crippen molar-refractivity contribution in [1.29, 1.82) is 0 Å². The Morgan fingerprint density at radius 2 is 0.982 bits per heavy atom. The highest BCUT2D eigenvalue weighted by Crippen LogP contribution is 2.39. The zero-order chi connectivity index (χ0) is 38.4. The van der Waals surface area contributed by atoms with Gasteiger partial charge in [0.2, 0.25) is 0 Å². The van der Waals surface area contributed by atoms with E-state index in [1.807, 2.05) is 18.2 Å². The monoisotopic (exact) mass is 762 g/mol. The summed E-state index contributed by atoms with van der Waals surface area (Å²) < 4.78 is 21.8. The van der Waals surface area contributed by atoms with Crippen LogP contribution in [-0.4, -0.2) is 26.9 Å². The van der Waals surface area contributed by atoms with Crippen LogP contribution >= 0.6 is 11.7 Å². The maximum Gasteiger partial charge on any atom is 0.119 e. The lowest BCUT2D eigenvalue weighted by atomic mass is 9.99. The van der Waals surface area contributed by atoms with Gasteiger partial charge in [-0.25, -0.2) is 4.98 Å². The molecule has 0 atom stereocenters. The molecule has 0 unspecified atom stereocenters. The molecule has 0 aliphatic heterocycles. The first-order valence-electron chi connectivity index (χ1n) is 20.7. The number of hydrogen-bond donors (Lipinski definition) is 0. The van der Waals surface area contributed by atoms with Crippen LogP contribution in [0.2, 0.25) is 0 Å². The second kappa shape index (κ2) is 20.1. The summed E-state index contributed by atoms with van der Waals surface area (Å²) in [6.45, 7) is 6.01. The van der Waals surface area contributed by atoms with Gasteiger partial charge in [-0.3, -0.25) is 0 Å². The van der Waals surface area contributed by atoms with Gasteiger partial charge in [0.25, 0.3) is 0 Å². The van der Waals surface area contributed by atoms with Crippen LogP contribution in [0, 0.1) is 0 Å². The summed E-state index contributed by atoms with van der Waals surface area (Å²) in [6, 6.07) is 42.4. The molecule has 0 bridgehead atoms. The number of pyridine rings is 1. The van der Waals surface area contributed by atoms with E-state index in [0.717, 1.165) is 98.9 Å². The van der Waals surface area contributed by atoms with E-state index in [1.165, 1.54) is 75.9 Å². The van der Waals surface area contributed by atoms with Gasteiger partial charge in [-0.05, 0) is 97.3 Å². The molecule has 0 aliphatic rings. The number of ether oxygens (including phenoxy) is 2. The van der Waals surface area contributed by atoms with Crippen molar-refractivity contribution in [3.8, 4) is 33.9 Å². The highest BCUT2D eigenvalue weighted by molar-refractivity contribution is 7.00. The number of anilines is 3. The van der Waals surface area contributed by atoms with Crippen molar-refractivity contribution in [2.24, 2.45) is 0 Å². The lowest BCUT2D eigenvalue weighted by molar-refractivity contribution is 0.304. The number of benzene rings is 5. The van der Waals surface area contributed by atoms with E-state index < -0.39 is 0 Å². The van der Waals surface area contributed by atoms with Gasteiger partial charge in [-0.1, -0.05) is 121 Å². The first-order valence-corrected chi connectivity index (χ1v) is 21.4. The number of nitrogens with zero attached hydrogens (tertiary/aromatic N) is 4. The Balaban J connectivity index is 1.10. The molecule has 0 saturated carbocycles. The van der Waals surface area contributed by atoms with Crippen LogP contribution in [-0.2, 0) is 0 Å². The molecule has 0 fully saturated rings. The summed E-state index contributed by atoms with van der Waals surface area (Å²) in [6.07, 6.45) is 15.0. The number of para-hydroxylation sites is 1. The third-order valence-corrected chi connectivity index (χ3v) is 11.0. The van der Waals surface area contributed by atoms with Gasteiger partial charge in [0.15, 0.2) is 0 Å². The molecule has 7 aromatic rings. The van der Waals surface area contributed by atoms with Crippen LogP contribution in [0.1, 0.15) is 90.9 Å². The molecule has 7 heteroatoms. The largest absolute Gasteiger partial charge is 0.494 e.